The highest BCUT2D eigenvalue weighted by molar-refractivity contribution is 4.78. The minimum atomic E-state index is -0.173. The normalized spacial score (nSPS) is 16.9. The highest BCUT2D eigenvalue weighted by Crippen LogP contribution is 2.12. The Kier molecular flexibility index (Phi) is 4.37. The van der Waals surface area contributed by atoms with Crippen LogP contribution in [0.1, 0.15) is 27.2 Å². The summed E-state index contributed by atoms with van der Waals surface area (Å²) in [6.07, 6.45) is 2.54. The number of hydrogen-bond acceptors (Lipinski definition) is 1. The molecule has 10 heavy (non-hydrogen) atoms. The van der Waals surface area contributed by atoms with Gasteiger partial charge in [0.15, 0.2) is 0 Å². The van der Waals surface area contributed by atoms with Crippen LogP contribution in [0, 0.1) is 11.8 Å². The third-order valence-electron chi connectivity index (χ3n) is 1.79. The fraction of sp³-hybridized carbons (Fsp3) is 0.778. The first-order valence-corrected chi connectivity index (χ1v) is 3.88. The summed E-state index contributed by atoms with van der Waals surface area (Å²) in [5, 5.41) is 9.38. The fourth-order valence-corrected chi connectivity index (χ4v) is 0.749. The molecule has 60 valence electrons. The molecule has 0 rings (SSSR count). The van der Waals surface area contributed by atoms with Crippen LogP contribution in [0.3, 0.4) is 0 Å². The van der Waals surface area contributed by atoms with Crippen molar-refractivity contribution in [2.24, 2.45) is 11.8 Å². The Balaban J connectivity index is 3.56. The van der Waals surface area contributed by atoms with Gasteiger partial charge in [-0.05, 0) is 18.3 Å². The second-order valence-electron chi connectivity index (χ2n) is 3.26. The smallest absolute Gasteiger partial charge is 0.0568 e. The Morgan fingerprint density at radius 3 is 2.20 bits per heavy atom. The van der Waals surface area contributed by atoms with Crippen molar-refractivity contribution in [1.29, 1.82) is 0 Å². The van der Waals surface area contributed by atoms with Crippen molar-refractivity contribution >= 4 is 0 Å². The van der Waals surface area contributed by atoms with Gasteiger partial charge in [-0.2, -0.15) is 0 Å². The molecule has 0 bridgehead atoms. The van der Waals surface area contributed by atoms with E-state index in [0.29, 0.717) is 11.8 Å². The van der Waals surface area contributed by atoms with Gasteiger partial charge in [-0.25, -0.2) is 0 Å². The molecule has 0 amide bonds. The number of aliphatic hydroxyl groups is 1. The van der Waals surface area contributed by atoms with Crippen molar-refractivity contribution in [2.75, 3.05) is 0 Å². The summed E-state index contributed by atoms with van der Waals surface area (Å²) in [4.78, 5) is 0. The molecule has 1 N–H and O–H groups in total. The first-order valence-electron chi connectivity index (χ1n) is 3.88. The van der Waals surface area contributed by atoms with Crippen LogP contribution < -0.4 is 0 Å². The maximum Gasteiger partial charge on any atom is 0.0568 e. The van der Waals surface area contributed by atoms with Crippen molar-refractivity contribution in [3.05, 3.63) is 12.7 Å². The van der Waals surface area contributed by atoms with Crippen molar-refractivity contribution in [2.45, 2.75) is 33.3 Å². The lowest BCUT2D eigenvalue weighted by Gasteiger charge is -2.16. The zero-order chi connectivity index (χ0) is 8.15. The molecule has 2 unspecified atom stereocenters. The van der Waals surface area contributed by atoms with Crippen molar-refractivity contribution in [1.82, 2.24) is 0 Å². The Morgan fingerprint density at radius 2 is 1.90 bits per heavy atom. The first-order chi connectivity index (χ1) is 4.57. The van der Waals surface area contributed by atoms with Crippen molar-refractivity contribution in [3.8, 4) is 0 Å². The number of hydrogen-bond donors (Lipinski definition) is 1. The van der Waals surface area contributed by atoms with E-state index >= 15 is 0 Å². The molecule has 1 nitrogen and oxygen atoms in total. The van der Waals surface area contributed by atoms with Gasteiger partial charge in [0.1, 0.15) is 0 Å². The Bertz CT molecular complexity index is 96.9. The SMILES string of the molecule is C=CC(C)CC(O)C(C)C. The summed E-state index contributed by atoms with van der Waals surface area (Å²) >= 11 is 0. The molecule has 2 atom stereocenters. The summed E-state index contributed by atoms with van der Waals surface area (Å²) in [5.41, 5.74) is 0. The Labute approximate surface area is 63.8 Å². The summed E-state index contributed by atoms with van der Waals surface area (Å²) in [6, 6.07) is 0. The van der Waals surface area contributed by atoms with Gasteiger partial charge in [0, 0.05) is 0 Å². The predicted octanol–water partition coefficient (Wildman–Crippen LogP) is 2.22. The molecule has 0 radical (unpaired) electrons. The molecular formula is C9H18O. The van der Waals surface area contributed by atoms with E-state index in [1.807, 2.05) is 19.9 Å². The topological polar surface area (TPSA) is 20.2 Å². The van der Waals surface area contributed by atoms with Crippen LogP contribution in [-0.4, -0.2) is 11.2 Å². The van der Waals surface area contributed by atoms with Gasteiger partial charge in [-0.3, -0.25) is 0 Å². The maximum atomic E-state index is 9.38. The van der Waals surface area contributed by atoms with E-state index in [4.69, 9.17) is 0 Å². The molecule has 0 fully saturated rings. The van der Waals surface area contributed by atoms with E-state index in [1.54, 1.807) is 0 Å². The molecule has 1 heteroatoms. The van der Waals surface area contributed by atoms with E-state index in [9.17, 15) is 5.11 Å². The molecule has 0 aromatic heterocycles. The summed E-state index contributed by atoms with van der Waals surface area (Å²) < 4.78 is 0. The minimum Gasteiger partial charge on any atom is -0.393 e. The van der Waals surface area contributed by atoms with Crippen LogP contribution in [0.2, 0.25) is 0 Å². The quantitative estimate of drug-likeness (QED) is 0.597. The summed E-state index contributed by atoms with van der Waals surface area (Å²) in [7, 11) is 0. The molecule has 0 aliphatic carbocycles. The van der Waals surface area contributed by atoms with Gasteiger partial charge in [0.2, 0.25) is 0 Å². The maximum absolute atomic E-state index is 9.38. The molecule has 0 heterocycles. The fourth-order valence-electron chi connectivity index (χ4n) is 0.749. The lowest BCUT2D eigenvalue weighted by atomic mass is 9.96. The lowest BCUT2D eigenvalue weighted by molar-refractivity contribution is 0.106. The van der Waals surface area contributed by atoms with E-state index in [-0.39, 0.29) is 6.10 Å². The summed E-state index contributed by atoms with van der Waals surface area (Å²) in [6.45, 7) is 9.79. The zero-order valence-corrected chi connectivity index (χ0v) is 7.17. The van der Waals surface area contributed by atoms with Gasteiger partial charge in [0.05, 0.1) is 6.10 Å². The number of rotatable bonds is 4. The molecule has 0 aliphatic heterocycles. The standard InChI is InChI=1S/C9H18O/c1-5-8(4)6-9(10)7(2)3/h5,7-10H,1,6H2,2-4H3. The molecular weight excluding hydrogens is 124 g/mol. The van der Waals surface area contributed by atoms with Gasteiger partial charge in [-0.1, -0.05) is 26.8 Å². The van der Waals surface area contributed by atoms with E-state index in [1.165, 1.54) is 0 Å². The summed E-state index contributed by atoms with van der Waals surface area (Å²) in [5.74, 6) is 0.791. The van der Waals surface area contributed by atoms with Crippen LogP contribution in [-0.2, 0) is 0 Å². The lowest BCUT2D eigenvalue weighted by Crippen LogP contribution is -2.17. The van der Waals surface area contributed by atoms with Crippen LogP contribution in [0.15, 0.2) is 12.7 Å². The third-order valence-corrected chi connectivity index (χ3v) is 1.79. The average Bonchev–Trinajstić information content (AvgIpc) is 1.87. The molecule has 0 aliphatic rings. The Hall–Kier alpha value is -0.300. The van der Waals surface area contributed by atoms with Gasteiger partial charge in [-0.15, -0.1) is 6.58 Å². The largest absolute Gasteiger partial charge is 0.393 e. The van der Waals surface area contributed by atoms with Gasteiger partial charge in [0.25, 0.3) is 0 Å². The van der Waals surface area contributed by atoms with Crippen LogP contribution in [0.25, 0.3) is 0 Å². The number of allylic oxidation sites excluding steroid dienone is 1. The van der Waals surface area contributed by atoms with Crippen LogP contribution >= 0.6 is 0 Å². The predicted molar refractivity (Wildman–Crippen MR) is 44.8 cm³/mol. The van der Waals surface area contributed by atoms with E-state index < -0.39 is 0 Å². The second kappa shape index (κ2) is 4.51. The third kappa shape index (κ3) is 3.67. The van der Waals surface area contributed by atoms with Gasteiger partial charge >= 0.3 is 0 Å². The highest BCUT2D eigenvalue weighted by Gasteiger charge is 2.10. The first kappa shape index (κ1) is 9.70. The molecule has 0 aromatic carbocycles. The van der Waals surface area contributed by atoms with Crippen molar-refractivity contribution in [3.63, 3.8) is 0 Å². The minimum absolute atomic E-state index is 0.173. The van der Waals surface area contributed by atoms with Gasteiger partial charge < -0.3 is 5.11 Å². The Morgan fingerprint density at radius 1 is 1.40 bits per heavy atom. The molecule has 0 saturated heterocycles. The second-order valence-corrected chi connectivity index (χ2v) is 3.26. The van der Waals surface area contributed by atoms with Crippen LogP contribution in [0.5, 0.6) is 0 Å². The average molecular weight is 142 g/mol. The van der Waals surface area contributed by atoms with Crippen LogP contribution in [0.4, 0.5) is 0 Å². The van der Waals surface area contributed by atoms with E-state index in [0.717, 1.165) is 6.42 Å². The number of aliphatic hydroxyl groups excluding tert-OH is 1. The zero-order valence-electron chi connectivity index (χ0n) is 7.17. The highest BCUT2D eigenvalue weighted by atomic mass is 16.3. The molecule has 0 aromatic rings. The molecule has 0 saturated carbocycles. The monoisotopic (exact) mass is 142 g/mol. The van der Waals surface area contributed by atoms with Crippen molar-refractivity contribution < 1.29 is 5.11 Å². The molecule has 0 spiro atoms. The van der Waals surface area contributed by atoms with E-state index in [2.05, 4.69) is 13.5 Å².